The average Bonchev–Trinajstić information content (AvgIpc) is 3.12. The van der Waals surface area contributed by atoms with Crippen LogP contribution in [0, 0.1) is 5.92 Å². The number of carbonyl (C=O) groups excluding carboxylic acids is 4. The predicted molar refractivity (Wildman–Crippen MR) is 105 cm³/mol. The summed E-state index contributed by atoms with van der Waals surface area (Å²) in [5.74, 6) is -2.82. The molecule has 3 rings (SSSR count). The van der Waals surface area contributed by atoms with Gasteiger partial charge in [0, 0.05) is 18.5 Å². The molecule has 0 radical (unpaired) electrons. The number of esters is 1. The largest absolute Gasteiger partial charge is 0.455 e. The summed E-state index contributed by atoms with van der Waals surface area (Å²) in [5.41, 5.74) is 5.29. The number of rotatable bonds is 5. The number of ether oxygens (including phenoxy) is 1. The fourth-order valence-electron chi connectivity index (χ4n) is 2.85. The molecule has 1 fully saturated rings. The molecule has 150 valence electrons. The molecule has 1 aliphatic heterocycles. The van der Waals surface area contributed by atoms with E-state index in [1.807, 2.05) is 0 Å². The first-order valence-electron chi connectivity index (χ1n) is 8.81. The lowest BCUT2D eigenvalue weighted by Gasteiger charge is -2.17. The van der Waals surface area contributed by atoms with E-state index < -0.39 is 30.3 Å². The van der Waals surface area contributed by atoms with Crippen molar-refractivity contribution in [2.24, 2.45) is 5.92 Å². The lowest BCUT2D eigenvalue weighted by Crippen LogP contribution is -2.43. The zero-order valence-corrected chi connectivity index (χ0v) is 16.0. The Kier molecular flexibility index (Phi) is 6.46. The smallest absolute Gasteiger partial charge is 0.311 e. The third-order valence-corrected chi connectivity index (χ3v) is 4.62. The zero-order chi connectivity index (χ0) is 20.8. The Morgan fingerprint density at radius 2 is 1.72 bits per heavy atom. The number of carbonyl (C=O) groups is 4. The molecule has 3 amide bonds. The van der Waals surface area contributed by atoms with Crippen molar-refractivity contribution in [2.75, 3.05) is 18.1 Å². The Balaban J connectivity index is 1.46. The molecule has 2 N–H and O–H groups in total. The van der Waals surface area contributed by atoms with Gasteiger partial charge in [0.1, 0.15) is 0 Å². The number of nitrogens with zero attached hydrogens (tertiary/aromatic N) is 1. The zero-order valence-electron chi connectivity index (χ0n) is 15.3. The molecule has 0 bridgehead atoms. The number of nitrogens with one attached hydrogen (secondary N) is 2. The van der Waals surface area contributed by atoms with Gasteiger partial charge < -0.3 is 9.64 Å². The van der Waals surface area contributed by atoms with E-state index in [1.54, 1.807) is 54.6 Å². The predicted octanol–water partition coefficient (Wildman–Crippen LogP) is 1.70. The van der Waals surface area contributed by atoms with Crippen LogP contribution in [-0.4, -0.2) is 36.8 Å². The van der Waals surface area contributed by atoms with E-state index in [4.69, 9.17) is 16.3 Å². The Morgan fingerprint density at radius 3 is 2.45 bits per heavy atom. The standard InChI is InChI=1S/C20H18ClN3O5/c21-15-8-4-5-9-16(15)24-11-14(10-18(24)26)20(28)29-12-17(25)22-23-19(27)13-6-2-1-3-7-13/h1-9,14H,10-12H2,(H,22,25)(H,23,27)/t14-/m0/s1. The maximum atomic E-state index is 12.2. The van der Waals surface area contributed by atoms with Crippen LogP contribution in [0.25, 0.3) is 0 Å². The number of para-hydroxylation sites is 1. The Bertz CT molecular complexity index is 935. The Hall–Kier alpha value is -3.39. The highest BCUT2D eigenvalue weighted by molar-refractivity contribution is 6.33. The molecule has 2 aromatic carbocycles. The molecule has 2 aromatic rings. The van der Waals surface area contributed by atoms with Crippen LogP contribution in [0.15, 0.2) is 54.6 Å². The summed E-state index contributed by atoms with van der Waals surface area (Å²) in [5, 5.41) is 0.406. The molecule has 1 saturated heterocycles. The summed E-state index contributed by atoms with van der Waals surface area (Å²) >= 11 is 6.11. The number of benzene rings is 2. The van der Waals surface area contributed by atoms with Gasteiger partial charge in [-0.2, -0.15) is 0 Å². The van der Waals surface area contributed by atoms with Crippen molar-refractivity contribution < 1.29 is 23.9 Å². The molecule has 0 aliphatic carbocycles. The molecule has 0 saturated carbocycles. The minimum Gasteiger partial charge on any atom is -0.455 e. The van der Waals surface area contributed by atoms with Gasteiger partial charge in [-0.05, 0) is 24.3 Å². The van der Waals surface area contributed by atoms with Gasteiger partial charge in [0.2, 0.25) is 5.91 Å². The van der Waals surface area contributed by atoms with Crippen LogP contribution in [0.4, 0.5) is 5.69 Å². The highest BCUT2D eigenvalue weighted by Crippen LogP contribution is 2.31. The van der Waals surface area contributed by atoms with E-state index in [-0.39, 0.29) is 18.9 Å². The van der Waals surface area contributed by atoms with Gasteiger partial charge in [0.05, 0.1) is 16.6 Å². The van der Waals surface area contributed by atoms with E-state index >= 15 is 0 Å². The van der Waals surface area contributed by atoms with E-state index in [2.05, 4.69) is 10.9 Å². The molecule has 1 heterocycles. The summed E-state index contributed by atoms with van der Waals surface area (Å²) in [6, 6.07) is 15.1. The van der Waals surface area contributed by atoms with Gasteiger partial charge in [-0.25, -0.2) is 0 Å². The lowest BCUT2D eigenvalue weighted by molar-refractivity contribution is -0.152. The van der Waals surface area contributed by atoms with Crippen LogP contribution >= 0.6 is 11.6 Å². The van der Waals surface area contributed by atoms with E-state index in [0.29, 0.717) is 16.3 Å². The summed E-state index contributed by atoms with van der Waals surface area (Å²) in [6.07, 6.45) is -0.0313. The summed E-state index contributed by atoms with van der Waals surface area (Å²) in [4.78, 5) is 49.5. The van der Waals surface area contributed by atoms with E-state index in [1.165, 1.54) is 4.90 Å². The van der Waals surface area contributed by atoms with Crippen molar-refractivity contribution >= 4 is 41.0 Å². The molecule has 1 atom stereocenters. The molecule has 9 heteroatoms. The minimum absolute atomic E-state index is 0.0313. The lowest BCUT2D eigenvalue weighted by atomic mass is 10.1. The molecule has 0 unspecified atom stereocenters. The van der Waals surface area contributed by atoms with Crippen LogP contribution in [0.3, 0.4) is 0 Å². The van der Waals surface area contributed by atoms with Crippen LogP contribution in [-0.2, 0) is 19.1 Å². The van der Waals surface area contributed by atoms with Gasteiger partial charge >= 0.3 is 5.97 Å². The van der Waals surface area contributed by atoms with Gasteiger partial charge in [0.25, 0.3) is 11.8 Å². The second kappa shape index (κ2) is 9.20. The normalized spacial score (nSPS) is 15.7. The third-order valence-electron chi connectivity index (χ3n) is 4.30. The number of hydrogen-bond acceptors (Lipinski definition) is 5. The summed E-state index contributed by atoms with van der Waals surface area (Å²) in [7, 11) is 0. The first-order chi connectivity index (χ1) is 14.0. The van der Waals surface area contributed by atoms with Crippen molar-refractivity contribution in [3.8, 4) is 0 Å². The summed E-state index contributed by atoms with van der Waals surface area (Å²) in [6.45, 7) is -0.460. The van der Waals surface area contributed by atoms with E-state index in [0.717, 1.165) is 0 Å². The number of hydrazine groups is 1. The fourth-order valence-corrected chi connectivity index (χ4v) is 3.09. The van der Waals surface area contributed by atoms with Gasteiger partial charge in [-0.15, -0.1) is 0 Å². The van der Waals surface area contributed by atoms with Gasteiger partial charge in [-0.3, -0.25) is 30.0 Å². The van der Waals surface area contributed by atoms with Crippen molar-refractivity contribution in [3.05, 3.63) is 65.2 Å². The quantitative estimate of drug-likeness (QED) is 0.571. The molecule has 29 heavy (non-hydrogen) atoms. The molecular formula is C20H18ClN3O5. The maximum absolute atomic E-state index is 12.2. The third kappa shape index (κ3) is 5.11. The SMILES string of the molecule is O=C(COC(=O)[C@H]1CC(=O)N(c2ccccc2Cl)C1)NNC(=O)c1ccccc1. The first-order valence-corrected chi connectivity index (χ1v) is 9.19. The van der Waals surface area contributed by atoms with Crippen molar-refractivity contribution in [2.45, 2.75) is 6.42 Å². The maximum Gasteiger partial charge on any atom is 0.311 e. The fraction of sp³-hybridized carbons (Fsp3) is 0.200. The average molecular weight is 416 g/mol. The molecule has 0 spiro atoms. The molecule has 0 aromatic heterocycles. The highest BCUT2D eigenvalue weighted by Gasteiger charge is 2.37. The van der Waals surface area contributed by atoms with Crippen LogP contribution in [0.2, 0.25) is 5.02 Å². The Labute approximate surface area is 171 Å². The Morgan fingerprint density at radius 1 is 1.03 bits per heavy atom. The second-order valence-corrected chi connectivity index (χ2v) is 6.74. The van der Waals surface area contributed by atoms with Crippen LogP contribution in [0.5, 0.6) is 0 Å². The topological polar surface area (TPSA) is 105 Å². The van der Waals surface area contributed by atoms with Gasteiger partial charge in [-0.1, -0.05) is 41.9 Å². The van der Waals surface area contributed by atoms with Crippen LogP contribution in [0.1, 0.15) is 16.8 Å². The summed E-state index contributed by atoms with van der Waals surface area (Å²) < 4.78 is 4.97. The van der Waals surface area contributed by atoms with Crippen molar-refractivity contribution in [1.29, 1.82) is 0 Å². The van der Waals surface area contributed by atoms with Crippen LogP contribution < -0.4 is 15.8 Å². The van der Waals surface area contributed by atoms with Crippen molar-refractivity contribution in [1.82, 2.24) is 10.9 Å². The van der Waals surface area contributed by atoms with E-state index in [9.17, 15) is 19.2 Å². The molecule has 8 nitrogen and oxygen atoms in total. The minimum atomic E-state index is -0.703. The molecule has 1 aliphatic rings. The van der Waals surface area contributed by atoms with Crippen molar-refractivity contribution in [3.63, 3.8) is 0 Å². The number of amides is 3. The molecular weight excluding hydrogens is 398 g/mol. The highest BCUT2D eigenvalue weighted by atomic mass is 35.5. The number of hydrogen-bond donors (Lipinski definition) is 2. The van der Waals surface area contributed by atoms with Gasteiger partial charge in [0.15, 0.2) is 6.61 Å². The first kappa shape index (κ1) is 20.3. The second-order valence-electron chi connectivity index (χ2n) is 6.33. The number of anilines is 1. The number of halogens is 1. The monoisotopic (exact) mass is 415 g/mol.